The largest absolute Gasteiger partial charge is 0.342 e. The Morgan fingerprint density at radius 3 is 2.55 bits per heavy atom. The van der Waals surface area contributed by atoms with Gasteiger partial charge in [0.25, 0.3) is 5.91 Å². The monoisotopic (exact) mass is 322 g/mol. The quantitative estimate of drug-likeness (QED) is 0.877. The van der Waals surface area contributed by atoms with Gasteiger partial charge in [-0.2, -0.15) is 4.31 Å². The van der Waals surface area contributed by atoms with Gasteiger partial charge in [0.15, 0.2) is 0 Å². The molecule has 0 aliphatic carbocycles. The maximum Gasteiger partial charge on any atom is 0.254 e. The molecule has 1 N–H and O–H groups in total. The van der Waals surface area contributed by atoms with Gasteiger partial charge in [-0.25, -0.2) is 13.4 Å². The topological polar surface area (TPSA) is 86.4 Å². The fraction of sp³-hybridized carbons (Fsp3) is 0.429. The molecule has 2 heterocycles. The second-order valence-corrected chi connectivity index (χ2v) is 7.49. The van der Waals surface area contributed by atoms with Crippen LogP contribution in [0.5, 0.6) is 0 Å². The molecule has 0 unspecified atom stereocenters. The Kier molecular flexibility index (Phi) is 3.65. The summed E-state index contributed by atoms with van der Waals surface area (Å²) in [4.78, 5) is 21.7. The number of piperazine rings is 1. The van der Waals surface area contributed by atoms with Crippen LogP contribution >= 0.6 is 0 Å². The molecule has 22 heavy (non-hydrogen) atoms. The molecule has 1 amide bonds. The van der Waals surface area contributed by atoms with Gasteiger partial charge in [0, 0.05) is 31.7 Å². The predicted molar refractivity (Wildman–Crippen MR) is 83.2 cm³/mol. The first-order valence-corrected chi connectivity index (χ1v) is 8.90. The average molecular weight is 322 g/mol. The number of H-pyrrole nitrogens is 1. The number of benzene rings is 1. The van der Waals surface area contributed by atoms with E-state index in [0.29, 0.717) is 31.7 Å². The Morgan fingerprint density at radius 2 is 1.91 bits per heavy atom. The number of amides is 1. The van der Waals surface area contributed by atoms with Gasteiger partial charge in [0.05, 0.1) is 17.3 Å². The lowest BCUT2D eigenvalue weighted by atomic mass is 10.1. The van der Waals surface area contributed by atoms with Gasteiger partial charge in [-0.15, -0.1) is 0 Å². The van der Waals surface area contributed by atoms with Gasteiger partial charge in [-0.1, -0.05) is 0 Å². The number of carbonyl (C=O) groups is 1. The molecule has 3 rings (SSSR count). The van der Waals surface area contributed by atoms with Crippen LogP contribution in [0.15, 0.2) is 18.2 Å². The lowest BCUT2D eigenvalue weighted by Gasteiger charge is -2.33. The van der Waals surface area contributed by atoms with Crippen molar-refractivity contribution < 1.29 is 13.2 Å². The van der Waals surface area contributed by atoms with Crippen molar-refractivity contribution in [2.75, 3.05) is 32.4 Å². The Bertz CT molecular complexity index is 820. The smallest absolute Gasteiger partial charge is 0.254 e. The second-order valence-electron chi connectivity index (χ2n) is 5.51. The van der Waals surface area contributed by atoms with Crippen molar-refractivity contribution in [3.8, 4) is 0 Å². The Morgan fingerprint density at radius 1 is 1.23 bits per heavy atom. The summed E-state index contributed by atoms with van der Waals surface area (Å²) in [5.74, 6) is 0.720. The third kappa shape index (κ3) is 2.84. The number of hydrogen-bond acceptors (Lipinski definition) is 4. The molecule has 1 saturated heterocycles. The van der Waals surface area contributed by atoms with E-state index in [1.807, 2.05) is 13.0 Å². The molecular weight excluding hydrogens is 304 g/mol. The SMILES string of the molecule is Cc1nc2cc(C(=O)N3CCN(S(C)(=O)=O)CC3)ccc2[nH]1. The molecular formula is C14H18N4O3S. The number of rotatable bonds is 2. The van der Waals surface area contributed by atoms with Gasteiger partial charge < -0.3 is 9.88 Å². The van der Waals surface area contributed by atoms with Crippen LogP contribution in [0.4, 0.5) is 0 Å². The van der Waals surface area contributed by atoms with E-state index in [9.17, 15) is 13.2 Å². The van der Waals surface area contributed by atoms with Crippen LogP contribution in [-0.4, -0.2) is 65.9 Å². The van der Waals surface area contributed by atoms with Crippen LogP contribution in [0.2, 0.25) is 0 Å². The molecule has 1 fully saturated rings. The second kappa shape index (κ2) is 5.36. The lowest BCUT2D eigenvalue weighted by Crippen LogP contribution is -2.50. The minimum absolute atomic E-state index is 0.0873. The van der Waals surface area contributed by atoms with Crippen molar-refractivity contribution >= 4 is 27.0 Å². The number of aryl methyl sites for hydroxylation is 1. The molecule has 1 aliphatic heterocycles. The fourth-order valence-corrected chi connectivity index (χ4v) is 3.50. The zero-order valence-corrected chi connectivity index (χ0v) is 13.4. The van der Waals surface area contributed by atoms with E-state index in [0.717, 1.165) is 16.9 Å². The number of nitrogens with zero attached hydrogens (tertiary/aromatic N) is 3. The summed E-state index contributed by atoms with van der Waals surface area (Å²) >= 11 is 0. The van der Waals surface area contributed by atoms with E-state index in [2.05, 4.69) is 9.97 Å². The highest BCUT2D eigenvalue weighted by Crippen LogP contribution is 2.16. The van der Waals surface area contributed by atoms with Crippen molar-refractivity contribution in [3.05, 3.63) is 29.6 Å². The zero-order valence-electron chi connectivity index (χ0n) is 12.5. The molecule has 0 atom stereocenters. The third-order valence-electron chi connectivity index (χ3n) is 3.84. The summed E-state index contributed by atoms with van der Waals surface area (Å²) in [6.07, 6.45) is 1.19. The number of aromatic nitrogens is 2. The van der Waals surface area contributed by atoms with Gasteiger partial charge in [0.1, 0.15) is 5.82 Å². The molecule has 118 valence electrons. The number of sulfonamides is 1. The van der Waals surface area contributed by atoms with Crippen molar-refractivity contribution in [1.82, 2.24) is 19.2 Å². The highest BCUT2D eigenvalue weighted by molar-refractivity contribution is 7.88. The van der Waals surface area contributed by atoms with Crippen LogP contribution in [0.3, 0.4) is 0 Å². The molecule has 0 saturated carbocycles. The molecule has 2 aromatic rings. The zero-order chi connectivity index (χ0) is 15.9. The van der Waals surface area contributed by atoms with Crippen LogP contribution in [0.25, 0.3) is 11.0 Å². The van der Waals surface area contributed by atoms with E-state index in [1.54, 1.807) is 17.0 Å². The first-order valence-electron chi connectivity index (χ1n) is 7.05. The first kappa shape index (κ1) is 15.0. The molecule has 1 aromatic heterocycles. The summed E-state index contributed by atoms with van der Waals surface area (Å²) in [5.41, 5.74) is 2.24. The number of hydrogen-bond donors (Lipinski definition) is 1. The fourth-order valence-electron chi connectivity index (χ4n) is 2.67. The highest BCUT2D eigenvalue weighted by atomic mass is 32.2. The minimum Gasteiger partial charge on any atom is -0.342 e. The lowest BCUT2D eigenvalue weighted by molar-refractivity contribution is 0.0698. The minimum atomic E-state index is -3.18. The number of nitrogens with one attached hydrogen (secondary N) is 1. The summed E-state index contributed by atoms with van der Waals surface area (Å²) in [6, 6.07) is 5.38. The summed E-state index contributed by atoms with van der Waals surface area (Å²) in [6.45, 7) is 3.36. The number of imidazole rings is 1. The summed E-state index contributed by atoms with van der Waals surface area (Å²) in [5, 5.41) is 0. The van der Waals surface area contributed by atoms with Crippen molar-refractivity contribution in [3.63, 3.8) is 0 Å². The van der Waals surface area contributed by atoms with Gasteiger partial charge in [-0.05, 0) is 25.1 Å². The average Bonchev–Trinajstić information content (AvgIpc) is 2.84. The molecule has 7 nitrogen and oxygen atoms in total. The van der Waals surface area contributed by atoms with Crippen molar-refractivity contribution in [2.45, 2.75) is 6.92 Å². The maximum atomic E-state index is 12.5. The van der Waals surface area contributed by atoms with Crippen LogP contribution in [-0.2, 0) is 10.0 Å². The normalized spacial score (nSPS) is 17.1. The third-order valence-corrected chi connectivity index (χ3v) is 5.15. The summed E-state index contributed by atoms with van der Waals surface area (Å²) < 4.78 is 24.4. The molecule has 0 bridgehead atoms. The first-order chi connectivity index (χ1) is 10.3. The highest BCUT2D eigenvalue weighted by Gasteiger charge is 2.26. The van der Waals surface area contributed by atoms with E-state index in [1.165, 1.54) is 10.6 Å². The van der Waals surface area contributed by atoms with Gasteiger partial charge in [0.2, 0.25) is 10.0 Å². The van der Waals surface area contributed by atoms with Crippen LogP contribution in [0, 0.1) is 6.92 Å². The van der Waals surface area contributed by atoms with Crippen LogP contribution < -0.4 is 0 Å². The van der Waals surface area contributed by atoms with Crippen molar-refractivity contribution in [2.24, 2.45) is 0 Å². The maximum absolute atomic E-state index is 12.5. The van der Waals surface area contributed by atoms with Gasteiger partial charge >= 0.3 is 0 Å². The molecule has 8 heteroatoms. The Balaban J connectivity index is 1.76. The van der Waals surface area contributed by atoms with Crippen LogP contribution in [0.1, 0.15) is 16.2 Å². The molecule has 0 spiro atoms. The van der Waals surface area contributed by atoms with E-state index in [4.69, 9.17) is 0 Å². The van der Waals surface area contributed by atoms with Crippen molar-refractivity contribution in [1.29, 1.82) is 0 Å². The summed E-state index contributed by atoms with van der Waals surface area (Å²) in [7, 11) is -3.18. The van der Waals surface area contributed by atoms with E-state index < -0.39 is 10.0 Å². The Labute approximate surface area is 129 Å². The number of carbonyl (C=O) groups excluding carboxylic acids is 1. The van der Waals surface area contributed by atoms with E-state index in [-0.39, 0.29) is 5.91 Å². The molecule has 1 aliphatic rings. The van der Waals surface area contributed by atoms with Gasteiger partial charge in [-0.3, -0.25) is 4.79 Å². The number of fused-ring (bicyclic) bond motifs is 1. The number of aromatic amines is 1. The molecule has 0 radical (unpaired) electrons. The standard InChI is InChI=1S/C14H18N4O3S/c1-10-15-12-4-3-11(9-13(12)16-10)14(19)17-5-7-18(8-6-17)22(2,20)21/h3-4,9H,5-8H2,1-2H3,(H,15,16). The molecule has 1 aromatic carbocycles. The Hall–Kier alpha value is -1.93. The van der Waals surface area contributed by atoms with E-state index >= 15 is 0 Å². The predicted octanol–water partition coefficient (Wildman–Crippen LogP) is 0.589.